The lowest BCUT2D eigenvalue weighted by Crippen LogP contribution is -2.44. The van der Waals surface area contributed by atoms with Crippen LogP contribution in [0, 0.1) is 5.92 Å². The molecule has 0 aromatic carbocycles. The molecule has 0 radical (unpaired) electrons. The third-order valence-corrected chi connectivity index (χ3v) is 1.85. The van der Waals surface area contributed by atoms with Gasteiger partial charge in [-0.1, -0.05) is 13.8 Å². The molecule has 0 spiro atoms. The average molecular weight is 231 g/mol. The van der Waals surface area contributed by atoms with Crippen LogP contribution in [-0.4, -0.2) is 30.8 Å². The summed E-state index contributed by atoms with van der Waals surface area (Å²) in [4.78, 5) is 21.5. The van der Waals surface area contributed by atoms with Crippen molar-refractivity contribution in [3.63, 3.8) is 0 Å². The van der Waals surface area contributed by atoms with E-state index < -0.39 is 11.7 Å². The van der Waals surface area contributed by atoms with Gasteiger partial charge in [-0.25, -0.2) is 4.79 Å². The van der Waals surface area contributed by atoms with E-state index >= 15 is 0 Å². The summed E-state index contributed by atoms with van der Waals surface area (Å²) in [7, 11) is 0. The molecule has 1 N–H and O–H groups in total. The number of hydrogen-bond donors (Lipinski definition) is 1. The summed E-state index contributed by atoms with van der Waals surface area (Å²) < 4.78 is 9.74. The second kappa shape index (κ2) is 6.35. The Kier molecular flexibility index (Phi) is 5.85. The molecule has 0 aromatic rings. The lowest BCUT2D eigenvalue weighted by Gasteiger charge is -2.25. The molecule has 5 nitrogen and oxygen atoms in total. The standard InChI is InChI=1S/C11H21NO4/c1-8(2)9(6-15-7-13)12-10(14)16-11(3,4)5/h7-9H,6H2,1-5H3,(H,12,14)/t9-/m1/s1. The van der Waals surface area contributed by atoms with Crippen LogP contribution in [0.15, 0.2) is 0 Å². The Morgan fingerprint density at radius 1 is 1.38 bits per heavy atom. The number of rotatable bonds is 5. The number of hydrogen-bond acceptors (Lipinski definition) is 4. The Morgan fingerprint density at radius 2 is 1.94 bits per heavy atom. The summed E-state index contributed by atoms with van der Waals surface area (Å²) >= 11 is 0. The average Bonchev–Trinajstić information content (AvgIpc) is 2.08. The van der Waals surface area contributed by atoms with Gasteiger partial charge < -0.3 is 14.8 Å². The van der Waals surface area contributed by atoms with Crippen LogP contribution in [0.3, 0.4) is 0 Å². The molecule has 0 aromatic heterocycles. The summed E-state index contributed by atoms with van der Waals surface area (Å²) in [6, 6.07) is -0.236. The number of amides is 1. The molecule has 0 unspecified atom stereocenters. The summed E-state index contributed by atoms with van der Waals surface area (Å²) in [5, 5.41) is 2.66. The summed E-state index contributed by atoms with van der Waals surface area (Å²) in [5.74, 6) is 0.160. The minimum Gasteiger partial charge on any atom is -0.466 e. The van der Waals surface area contributed by atoms with Crippen molar-refractivity contribution in [2.45, 2.75) is 46.3 Å². The minimum absolute atomic E-state index is 0.153. The smallest absolute Gasteiger partial charge is 0.407 e. The highest BCUT2D eigenvalue weighted by Gasteiger charge is 2.21. The van der Waals surface area contributed by atoms with Gasteiger partial charge in [0.1, 0.15) is 12.2 Å². The zero-order valence-corrected chi connectivity index (χ0v) is 10.6. The van der Waals surface area contributed by atoms with Gasteiger partial charge in [0.15, 0.2) is 0 Å². The third kappa shape index (κ3) is 7.09. The van der Waals surface area contributed by atoms with E-state index in [1.54, 1.807) is 20.8 Å². The minimum atomic E-state index is -0.531. The van der Waals surface area contributed by atoms with Crippen molar-refractivity contribution < 1.29 is 19.1 Å². The molecule has 5 heteroatoms. The maximum Gasteiger partial charge on any atom is 0.407 e. The largest absolute Gasteiger partial charge is 0.466 e. The van der Waals surface area contributed by atoms with E-state index in [-0.39, 0.29) is 18.6 Å². The van der Waals surface area contributed by atoms with E-state index in [1.807, 2.05) is 13.8 Å². The van der Waals surface area contributed by atoms with Gasteiger partial charge in [-0.3, -0.25) is 4.79 Å². The molecule has 16 heavy (non-hydrogen) atoms. The zero-order valence-electron chi connectivity index (χ0n) is 10.6. The van der Waals surface area contributed by atoms with Crippen molar-refractivity contribution in [3.8, 4) is 0 Å². The van der Waals surface area contributed by atoms with Crippen LogP contribution in [0.2, 0.25) is 0 Å². The predicted octanol–water partition coefficient (Wildman–Crippen LogP) is 1.71. The van der Waals surface area contributed by atoms with Gasteiger partial charge in [-0.2, -0.15) is 0 Å². The van der Waals surface area contributed by atoms with E-state index in [0.29, 0.717) is 6.47 Å². The number of ether oxygens (including phenoxy) is 2. The lowest BCUT2D eigenvalue weighted by atomic mass is 10.1. The molecule has 0 saturated carbocycles. The van der Waals surface area contributed by atoms with Crippen LogP contribution in [0.5, 0.6) is 0 Å². The molecule has 0 aliphatic heterocycles. The summed E-state index contributed by atoms with van der Waals surface area (Å²) in [6.07, 6.45) is -0.499. The van der Waals surface area contributed by atoms with Crippen molar-refractivity contribution in [2.24, 2.45) is 5.92 Å². The van der Waals surface area contributed by atoms with Crippen LogP contribution in [0.1, 0.15) is 34.6 Å². The molecule has 0 fully saturated rings. The number of carbonyl (C=O) groups excluding carboxylic acids is 2. The Labute approximate surface area is 96.5 Å². The van der Waals surface area contributed by atoms with E-state index in [2.05, 4.69) is 10.1 Å². The van der Waals surface area contributed by atoms with Crippen molar-refractivity contribution in [2.75, 3.05) is 6.61 Å². The quantitative estimate of drug-likeness (QED) is 0.731. The number of nitrogens with one attached hydrogen (secondary N) is 1. The van der Waals surface area contributed by atoms with Gasteiger partial charge in [0.05, 0.1) is 6.04 Å². The van der Waals surface area contributed by atoms with Gasteiger partial charge in [0.2, 0.25) is 0 Å². The van der Waals surface area contributed by atoms with Crippen LogP contribution in [0.4, 0.5) is 4.79 Å². The van der Waals surface area contributed by atoms with Gasteiger partial charge in [-0.05, 0) is 26.7 Å². The van der Waals surface area contributed by atoms with Crippen molar-refractivity contribution in [1.29, 1.82) is 0 Å². The van der Waals surface area contributed by atoms with Gasteiger partial charge in [0.25, 0.3) is 6.47 Å². The molecular formula is C11H21NO4. The normalized spacial score (nSPS) is 13.1. The second-order valence-corrected chi connectivity index (χ2v) is 4.93. The van der Waals surface area contributed by atoms with E-state index in [4.69, 9.17) is 4.74 Å². The topological polar surface area (TPSA) is 64.6 Å². The Morgan fingerprint density at radius 3 is 2.31 bits per heavy atom. The maximum absolute atomic E-state index is 11.5. The predicted molar refractivity (Wildman–Crippen MR) is 60.0 cm³/mol. The van der Waals surface area contributed by atoms with Crippen LogP contribution in [0.25, 0.3) is 0 Å². The number of carbonyl (C=O) groups is 2. The van der Waals surface area contributed by atoms with Crippen LogP contribution < -0.4 is 5.32 Å². The van der Waals surface area contributed by atoms with Crippen molar-refractivity contribution >= 4 is 12.6 Å². The highest BCUT2D eigenvalue weighted by Crippen LogP contribution is 2.08. The fourth-order valence-electron chi connectivity index (χ4n) is 1.00. The molecule has 0 saturated heterocycles. The zero-order chi connectivity index (χ0) is 12.8. The van der Waals surface area contributed by atoms with Crippen LogP contribution in [-0.2, 0) is 14.3 Å². The molecule has 0 aliphatic carbocycles. The molecule has 1 atom stereocenters. The van der Waals surface area contributed by atoms with Gasteiger partial charge in [-0.15, -0.1) is 0 Å². The third-order valence-electron chi connectivity index (χ3n) is 1.85. The molecule has 0 aliphatic rings. The molecule has 0 rings (SSSR count). The summed E-state index contributed by atoms with van der Waals surface area (Å²) in [6.45, 7) is 9.75. The lowest BCUT2D eigenvalue weighted by molar-refractivity contribution is -0.129. The van der Waals surface area contributed by atoms with Crippen molar-refractivity contribution in [1.82, 2.24) is 5.32 Å². The van der Waals surface area contributed by atoms with E-state index in [0.717, 1.165) is 0 Å². The fraction of sp³-hybridized carbons (Fsp3) is 0.818. The van der Waals surface area contributed by atoms with Crippen LogP contribution >= 0.6 is 0 Å². The second-order valence-electron chi connectivity index (χ2n) is 4.93. The summed E-state index contributed by atoms with van der Waals surface area (Å²) in [5.41, 5.74) is -0.531. The van der Waals surface area contributed by atoms with Gasteiger partial charge >= 0.3 is 6.09 Å². The maximum atomic E-state index is 11.5. The molecular weight excluding hydrogens is 210 g/mol. The van der Waals surface area contributed by atoms with E-state index in [9.17, 15) is 9.59 Å². The first kappa shape index (κ1) is 14.7. The Balaban J connectivity index is 4.18. The SMILES string of the molecule is CC(C)[C@@H](COC=O)NC(=O)OC(C)(C)C. The van der Waals surface area contributed by atoms with E-state index in [1.165, 1.54) is 0 Å². The number of alkyl carbamates (subject to hydrolysis) is 1. The Bertz CT molecular complexity index is 233. The first-order chi connectivity index (χ1) is 7.26. The Hall–Kier alpha value is -1.26. The van der Waals surface area contributed by atoms with Crippen molar-refractivity contribution in [3.05, 3.63) is 0 Å². The monoisotopic (exact) mass is 231 g/mol. The highest BCUT2D eigenvalue weighted by molar-refractivity contribution is 5.68. The molecule has 94 valence electrons. The highest BCUT2D eigenvalue weighted by atomic mass is 16.6. The fourth-order valence-corrected chi connectivity index (χ4v) is 1.00. The first-order valence-corrected chi connectivity index (χ1v) is 5.31. The molecule has 1 amide bonds. The molecule has 0 bridgehead atoms. The first-order valence-electron chi connectivity index (χ1n) is 5.31. The van der Waals surface area contributed by atoms with Gasteiger partial charge in [0, 0.05) is 0 Å². The molecule has 0 heterocycles.